The molecule has 0 radical (unpaired) electrons. The van der Waals surface area contributed by atoms with Crippen molar-refractivity contribution in [2.45, 2.75) is 6.92 Å². The second kappa shape index (κ2) is 5.22. The third-order valence-electron chi connectivity index (χ3n) is 2.88. The van der Waals surface area contributed by atoms with Gasteiger partial charge in [-0.1, -0.05) is 0 Å². The highest BCUT2D eigenvalue weighted by atomic mass is 19.1. The molecule has 2 N–H and O–H groups in total. The number of carbonyl (C=O) groups excluding carboxylic acids is 1. The summed E-state index contributed by atoms with van der Waals surface area (Å²) in [5.41, 5.74) is 5.68. The molecule has 0 unspecified atom stereocenters. The quantitative estimate of drug-likeness (QED) is 0.867. The van der Waals surface area contributed by atoms with E-state index in [1.165, 1.54) is 0 Å². The predicted molar refractivity (Wildman–Crippen MR) is 64.4 cm³/mol. The molecule has 1 saturated heterocycles. The van der Waals surface area contributed by atoms with Gasteiger partial charge in [0.05, 0.1) is 18.9 Å². The predicted octanol–water partition coefficient (Wildman–Crippen LogP) is 1.43. The van der Waals surface area contributed by atoms with Crippen LogP contribution in [0, 0.1) is 12.7 Å². The van der Waals surface area contributed by atoms with E-state index in [1.54, 1.807) is 19.1 Å². The fraction of sp³-hybridized carbons (Fsp3) is 0.417. The maximum Gasteiger partial charge on any atom is 0.409 e. The minimum atomic E-state index is -0.948. The van der Waals surface area contributed by atoms with Crippen molar-refractivity contribution < 1.29 is 18.7 Å². The van der Waals surface area contributed by atoms with Crippen LogP contribution in [0.1, 0.15) is 5.56 Å². The lowest BCUT2D eigenvalue weighted by Crippen LogP contribution is -2.36. The molecule has 0 spiro atoms. The first kappa shape index (κ1) is 12.6. The summed E-state index contributed by atoms with van der Waals surface area (Å²) in [5, 5.41) is 0. The summed E-state index contributed by atoms with van der Waals surface area (Å²) >= 11 is 0. The number of morpholine rings is 1. The van der Waals surface area contributed by atoms with Crippen LogP contribution < -0.4 is 15.4 Å². The van der Waals surface area contributed by atoms with Gasteiger partial charge in [-0.05, 0) is 19.1 Å². The SMILES string of the molecule is Cc1c(OC(N)=O)ccc(N2CCOCC2)c1F. The first-order chi connectivity index (χ1) is 8.59. The van der Waals surface area contributed by atoms with Crippen LogP contribution >= 0.6 is 0 Å². The van der Waals surface area contributed by atoms with Crippen molar-refractivity contribution in [1.82, 2.24) is 0 Å². The number of ether oxygens (including phenoxy) is 2. The molecule has 1 fully saturated rings. The first-order valence-corrected chi connectivity index (χ1v) is 5.68. The van der Waals surface area contributed by atoms with Crippen molar-refractivity contribution in [3.63, 3.8) is 0 Å². The molecule has 18 heavy (non-hydrogen) atoms. The molecule has 0 saturated carbocycles. The van der Waals surface area contributed by atoms with Crippen LogP contribution in [-0.2, 0) is 4.74 Å². The summed E-state index contributed by atoms with van der Waals surface area (Å²) < 4.78 is 24.1. The number of anilines is 1. The second-order valence-electron chi connectivity index (χ2n) is 4.04. The Morgan fingerprint density at radius 2 is 2.11 bits per heavy atom. The Balaban J connectivity index is 2.27. The van der Waals surface area contributed by atoms with Gasteiger partial charge in [0.2, 0.25) is 0 Å². The van der Waals surface area contributed by atoms with Crippen LogP contribution in [-0.4, -0.2) is 32.4 Å². The first-order valence-electron chi connectivity index (χ1n) is 5.68. The zero-order valence-electron chi connectivity index (χ0n) is 10.1. The highest BCUT2D eigenvalue weighted by molar-refractivity contribution is 5.69. The van der Waals surface area contributed by atoms with Crippen molar-refractivity contribution in [3.8, 4) is 5.75 Å². The van der Waals surface area contributed by atoms with Gasteiger partial charge >= 0.3 is 6.09 Å². The van der Waals surface area contributed by atoms with Gasteiger partial charge < -0.3 is 20.1 Å². The number of rotatable bonds is 2. The zero-order chi connectivity index (χ0) is 13.1. The van der Waals surface area contributed by atoms with Crippen LogP contribution in [0.15, 0.2) is 12.1 Å². The molecule has 1 heterocycles. The van der Waals surface area contributed by atoms with E-state index < -0.39 is 11.9 Å². The molecular weight excluding hydrogens is 239 g/mol. The lowest BCUT2D eigenvalue weighted by Gasteiger charge is -2.29. The van der Waals surface area contributed by atoms with E-state index in [2.05, 4.69) is 0 Å². The number of halogens is 1. The summed E-state index contributed by atoms with van der Waals surface area (Å²) in [7, 11) is 0. The maximum absolute atomic E-state index is 14.2. The Kier molecular flexibility index (Phi) is 3.66. The largest absolute Gasteiger partial charge is 0.410 e. The highest BCUT2D eigenvalue weighted by Crippen LogP contribution is 2.29. The Morgan fingerprint density at radius 1 is 1.44 bits per heavy atom. The molecular formula is C12H15FN2O3. The standard InChI is InChI=1S/C12H15FN2O3/c1-8-10(18-12(14)16)3-2-9(11(8)13)15-4-6-17-7-5-15/h2-3H,4-7H2,1H3,(H2,14,16). The van der Waals surface area contributed by atoms with E-state index in [1.807, 2.05) is 4.90 Å². The van der Waals surface area contributed by atoms with Gasteiger partial charge in [0.1, 0.15) is 5.75 Å². The number of amides is 1. The minimum absolute atomic E-state index is 0.150. The average Bonchev–Trinajstić information content (AvgIpc) is 2.36. The lowest BCUT2D eigenvalue weighted by atomic mass is 10.1. The Hall–Kier alpha value is -1.82. The Bertz CT molecular complexity index is 459. The Labute approximate surface area is 104 Å². The van der Waals surface area contributed by atoms with Gasteiger partial charge in [0.25, 0.3) is 0 Å². The number of hydrogen-bond donors (Lipinski definition) is 1. The van der Waals surface area contributed by atoms with Crippen molar-refractivity contribution in [1.29, 1.82) is 0 Å². The molecule has 1 aromatic carbocycles. The van der Waals surface area contributed by atoms with E-state index in [0.29, 0.717) is 32.0 Å². The summed E-state index contributed by atoms with van der Waals surface area (Å²) in [5.74, 6) is -0.243. The molecule has 6 heteroatoms. The summed E-state index contributed by atoms with van der Waals surface area (Å²) in [4.78, 5) is 12.6. The normalized spacial score (nSPS) is 15.6. The van der Waals surface area contributed by atoms with Crippen LogP contribution in [0.2, 0.25) is 0 Å². The number of primary amides is 1. The molecule has 0 bridgehead atoms. The molecule has 5 nitrogen and oxygen atoms in total. The van der Waals surface area contributed by atoms with E-state index in [0.717, 1.165) is 0 Å². The maximum atomic E-state index is 14.2. The van der Waals surface area contributed by atoms with E-state index >= 15 is 0 Å². The van der Waals surface area contributed by atoms with Crippen LogP contribution in [0.3, 0.4) is 0 Å². The van der Waals surface area contributed by atoms with Gasteiger partial charge in [-0.2, -0.15) is 0 Å². The highest BCUT2D eigenvalue weighted by Gasteiger charge is 2.18. The molecule has 0 aliphatic carbocycles. The summed E-state index contributed by atoms with van der Waals surface area (Å²) in [6, 6.07) is 3.14. The van der Waals surface area contributed by atoms with Crippen molar-refractivity contribution >= 4 is 11.8 Å². The van der Waals surface area contributed by atoms with Crippen LogP contribution in [0.4, 0.5) is 14.9 Å². The third-order valence-corrected chi connectivity index (χ3v) is 2.88. The smallest absolute Gasteiger partial charge is 0.409 e. The molecule has 0 aromatic heterocycles. The minimum Gasteiger partial charge on any atom is -0.410 e. The third kappa shape index (κ3) is 2.53. The van der Waals surface area contributed by atoms with E-state index in [4.69, 9.17) is 15.2 Å². The van der Waals surface area contributed by atoms with Crippen molar-refractivity contribution in [2.75, 3.05) is 31.2 Å². The molecule has 1 aliphatic rings. The molecule has 1 amide bonds. The van der Waals surface area contributed by atoms with E-state index in [-0.39, 0.29) is 11.3 Å². The number of carbonyl (C=O) groups is 1. The molecule has 1 aliphatic heterocycles. The topological polar surface area (TPSA) is 64.8 Å². The molecule has 98 valence electrons. The number of hydrogen-bond acceptors (Lipinski definition) is 4. The lowest BCUT2D eigenvalue weighted by molar-refractivity contribution is 0.122. The number of nitrogens with zero attached hydrogens (tertiary/aromatic N) is 1. The van der Waals surface area contributed by atoms with Crippen LogP contribution in [0.25, 0.3) is 0 Å². The van der Waals surface area contributed by atoms with Crippen molar-refractivity contribution in [3.05, 3.63) is 23.5 Å². The molecule has 2 rings (SSSR count). The fourth-order valence-corrected chi connectivity index (χ4v) is 1.92. The Morgan fingerprint density at radius 3 is 2.72 bits per heavy atom. The van der Waals surface area contributed by atoms with Gasteiger partial charge in [-0.15, -0.1) is 0 Å². The number of nitrogens with two attached hydrogens (primary N) is 1. The van der Waals surface area contributed by atoms with Crippen LogP contribution in [0.5, 0.6) is 5.75 Å². The number of benzene rings is 1. The molecule has 1 aromatic rings. The van der Waals surface area contributed by atoms with E-state index in [9.17, 15) is 9.18 Å². The zero-order valence-corrected chi connectivity index (χ0v) is 10.1. The van der Waals surface area contributed by atoms with Crippen molar-refractivity contribution in [2.24, 2.45) is 5.73 Å². The second-order valence-corrected chi connectivity index (χ2v) is 4.04. The summed E-state index contributed by atoms with van der Waals surface area (Å²) in [6.07, 6.45) is -0.948. The fourth-order valence-electron chi connectivity index (χ4n) is 1.92. The average molecular weight is 254 g/mol. The van der Waals surface area contributed by atoms with Gasteiger partial charge in [-0.25, -0.2) is 9.18 Å². The van der Waals surface area contributed by atoms with Gasteiger partial charge in [0, 0.05) is 18.7 Å². The van der Waals surface area contributed by atoms with Gasteiger partial charge in [0.15, 0.2) is 5.82 Å². The molecule has 0 atom stereocenters. The van der Waals surface area contributed by atoms with Gasteiger partial charge in [-0.3, -0.25) is 0 Å². The summed E-state index contributed by atoms with van der Waals surface area (Å²) in [6.45, 7) is 4.01. The monoisotopic (exact) mass is 254 g/mol.